The molecule has 0 radical (unpaired) electrons. The maximum Gasteiger partial charge on any atom is 0.265 e. The number of halogens is 1. The molecule has 0 heterocycles. The van der Waals surface area contributed by atoms with Crippen molar-refractivity contribution in [3.05, 3.63) is 71.2 Å². The minimum atomic E-state index is -0.629. The third-order valence-electron chi connectivity index (χ3n) is 3.86. The zero-order valence-corrected chi connectivity index (χ0v) is 14.3. The van der Waals surface area contributed by atoms with E-state index in [0.717, 1.165) is 16.3 Å². The summed E-state index contributed by atoms with van der Waals surface area (Å²) in [6.45, 7) is 3.65. The Morgan fingerprint density at radius 3 is 2.62 bits per heavy atom. The van der Waals surface area contributed by atoms with E-state index in [1.807, 2.05) is 61.5 Å². The molecule has 0 aliphatic carbocycles. The number of hydrogen-bond donors (Lipinski definition) is 1. The molecule has 24 heavy (non-hydrogen) atoms. The SMILES string of the molecule is Cc1ccc(NC(=O)[C@@H](C)Oc2cccc3ccccc23)cc1Cl. The van der Waals surface area contributed by atoms with Crippen LogP contribution in [0.1, 0.15) is 12.5 Å². The highest BCUT2D eigenvalue weighted by Crippen LogP contribution is 2.26. The molecule has 0 fully saturated rings. The second-order valence-electron chi connectivity index (χ2n) is 5.69. The monoisotopic (exact) mass is 339 g/mol. The van der Waals surface area contributed by atoms with Gasteiger partial charge in [-0.1, -0.05) is 54.1 Å². The molecular weight excluding hydrogens is 322 g/mol. The van der Waals surface area contributed by atoms with Crippen LogP contribution < -0.4 is 10.1 Å². The summed E-state index contributed by atoms with van der Waals surface area (Å²) in [6, 6.07) is 19.2. The summed E-state index contributed by atoms with van der Waals surface area (Å²) in [6.07, 6.45) is -0.629. The van der Waals surface area contributed by atoms with Crippen LogP contribution in [0.5, 0.6) is 5.75 Å². The molecule has 4 heteroatoms. The highest BCUT2D eigenvalue weighted by atomic mass is 35.5. The third-order valence-corrected chi connectivity index (χ3v) is 4.27. The Morgan fingerprint density at radius 1 is 1.08 bits per heavy atom. The van der Waals surface area contributed by atoms with Crippen LogP contribution in [0.15, 0.2) is 60.7 Å². The molecule has 3 rings (SSSR count). The molecule has 1 atom stereocenters. The van der Waals surface area contributed by atoms with Crippen LogP contribution in [0.4, 0.5) is 5.69 Å². The van der Waals surface area contributed by atoms with E-state index in [2.05, 4.69) is 5.32 Å². The fourth-order valence-electron chi connectivity index (χ4n) is 2.46. The van der Waals surface area contributed by atoms with Crippen molar-refractivity contribution in [3.63, 3.8) is 0 Å². The first-order valence-corrected chi connectivity index (χ1v) is 8.14. The Balaban J connectivity index is 1.75. The molecule has 1 amide bonds. The molecule has 0 unspecified atom stereocenters. The lowest BCUT2D eigenvalue weighted by atomic mass is 10.1. The predicted molar refractivity (Wildman–Crippen MR) is 98.9 cm³/mol. The Bertz CT molecular complexity index is 886. The van der Waals surface area contributed by atoms with E-state index in [1.54, 1.807) is 13.0 Å². The van der Waals surface area contributed by atoms with Gasteiger partial charge >= 0.3 is 0 Å². The second-order valence-corrected chi connectivity index (χ2v) is 6.10. The largest absolute Gasteiger partial charge is 0.480 e. The van der Waals surface area contributed by atoms with Crippen LogP contribution >= 0.6 is 11.6 Å². The fraction of sp³-hybridized carbons (Fsp3) is 0.150. The summed E-state index contributed by atoms with van der Waals surface area (Å²) in [5.74, 6) is 0.473. The summed E-state index contributed by atoms with van der Waals surface area (Å²) in [7, 11) is 0. The van der Waals surface area contributed by atoms with Gasteiger partial charge in [0.05, 0.1) is 0 Å². The van der Waals surface area contributed by atoms with Gasteiger partial charge in [0, 0.05) is 16.1 Å². The van der Waals surface area contributed by atoms with Gasteiger partial charge in [-0.15, -0.1) is 0 Å². The van der Waals surface area contributed by atoms with Gasteiger partial charge in [0.15, 0.2) is 6.10 Å². The Kier molecular flexibility index (Phi) is 4.72. The highest BCUT2D eigenvalue weighted by molar-refractivity contribution is 6.31. The zero-order chi connectivity index (χ0) is 17.1. The number of ether oxygens (including phenoxy) is 1. The van der Waals surface area contributed by atoms with Gasteiger partial charge in [-0.2, -0.15) is 0 Å². The number of carbonyl (C=O) groups excluding carboxylic acids is 1. The molecule has 3 nitrogen and oxygen atoms in total. The first kappa shape index (κ1) is 16.3. The van der Waals surface area contributed by atoms with Gasteiger partial charge < -0.3 is 10.1 Å². The van der Waals surface area contributed by atoms with Crippen molar-refractivity contribution in [2.45, 2.75) is 20.0 Å². The van der Waals surface area contributed by atoms with Crippen LogP contribution in [0.25, 0.3) is 10.8 Å². The highest BCUT2D eigenvalue weighted by Gasteiger charge is 2.16. The summed E-state index contributed by atoms with van der Waals surface area (Å²) >= 11 is 6.09. The molecule has 3 aromatic rings. The molecule has 0 aromatic heterocycles. The molecule has 0 spiro atoms. The molecule has 1 N–H and O–H groups in total. The first-order valence-electron chi connectivity index (χ1n) is 7.76. The lowest BCUT2D eigenvalue weighted by Crippen LogP contribution is -2.30. The smallest absolute Gasteiger partial charge is 0.265 e. The molecule has 0 aliphatic heterocycles. The lowest BCUT2D eigenvalue weighted by Gasteiger charge is -2.16. The summed E-state index contributed by atoms with van der Waals surface area (Å²) in [4.78, 5) is 12.4. The van der Waals surface area contributed by atoms with E-state index in [9.17, 15) is 4.79 Å². The standard InChI is InChI=1S/C20H18ClNO2/c1-13-10-11-16(12-18(13)21)22-20(23)14(2)24-19-9-5-7-15-6-3-4-8-17(15)19/h3-12,14H,1-2H3,(H,22,23)/t14-/m1/s1. The van der Waals surface area contributed by atoms with Crippen LogP contribution in [-0.2, 0) is 4.79 Å². The van der Waals surface area contributed by atoms with Gasteiger partial charge in [0.1, 0.15) is 5.75 Å². The molecule has 0 saturated carbocycles. The average Bonchev–Trinajstić information content (AvgIpc) is 2.58. The number of rotatable bonds is 4. The molecule has 122 valence electrons. The Labute approximate surface area is 146 Å². The van der Waals surface area contributed by atoms with Crippen molar-refractivity contribution in [1.82, 2.24) is 0 Å². The number of benzene rings is 3. The molecule has 0 bridgehead atoms. The molecule has 0 saturated heterocycles. The minimum absolute atomic E-state index is 0.220. The van der Waals surface area contributed by atoms with Crippen molar-refractivity contribution in [2.75, 3.05) is 5.32 Å². The van der Waals surface area contributed by atoms with Crippen molar-refractivity contribution >= 4 is 34.0 Å². The Hall–Kier alpha value is -2.52. The lowest BCUT2D eigenvalue weighted by molar-refractivity contribution is -0.122. The van der Waals surface area contributed by atoms with Crippen molar-refractivity contribution < 1.29 is 9.53 Å². The van der Waals surface area contributed by atoms with E-state index in [1.165, 1.54) is 0 Å². The number of anilines is 1. The van der Waals surface area contributed by atoms with Crippen LogP contribution in [0.2, 0.25) is 5.02 Å². The third kappa shape index (κ3) is 3.52. The van der Waals surface area contributed by atoms with Gasteiger partial charge in [0.2, 0.25) is 0 Å². The normalized spacial score (nSPS) is 12.0. The maximum absolute atomic E-state index is 12.4. The van der Waals surface area contributed by atoms with Crippen molar-refractivity contribution in [2.24, 2.45) is 0 Å². The zero-order valence-electron chi connectivity index (χ0n) is 13.5. The van der Waals surface area contributed by atoms with Gasteiger partial charge in [-0.3, -0.25) is 4.79 Å². The van der Waals surface area contributed by atoms with E-state index in [4.69, 9.17) is 16.3 Å². The summed E-state index contributed by atoms with van der Waals surface area (Å²) in [5.41, 5.74) is 1.62. The number of amides is 1. The summed E-state index contributed by atoms with van der Waals surface area (Å²) < 4.78 is 5.87. The number of hydrogen-bond acceptors (Lipinski definition) is 2. The first-order chi connectivity index (χ1) is 11.5. The van der Waals surface area contributed by atoms with Crippen LogP contribution in [0.3, 0.4) is 0 Å². The Morgan fingerprint density at radius 2 is 1.83 bits per heavy atom. The predicted octanol–water partition coefficient (Wildman–Crippen LogP) is 5.21. The minimum Gasteiger partial charge on any atom is -0.480 e. The number of aryl methyl sites for hydroxylation is 1. The van der Waals surface area contributed by atoms with Crippen LogP contribution in [-0.4, -0.2) is 12.0 Å². The van der Waals surface area contributed by atoms with E-state index < -0.39 is 6.10 Å². The number of nitrogens with one attached hydrogen (secondary N) is 1. The molecule has 3 aromatic carbocycles. The fourth-order valence-corrected chi connectivity index (χ4v) is 2.64. The summed E-state index contributed by atoms with van der Waals surface area (Å²) in [5, 5.41) is 5.51. The van der Waals surface area contributed by atoms with Gasteiger partial charge in [-0.05, 0) is 43.0 Å². The average molecular weight is 340 g/mol. The van der Waals surface area contributed by atoms with E-state index in [0.29, 0.717) is 16.5 Å². The van der Waals surface area contributed by atoms with Gasteiger partial charge in [-0.25, -0.2) is 0 Å². The molecule has 0 aliphatic rings. The quantitative estimate of drug-likeness (QED) is 0.708. The van der Waals surface area contributed by atoms with Gasteiger partial charge in [0.25, 0.3) is 5.91 Å². The van der Waals surface area contributed by atoms with Crippen molar-refractivity contribution in [1.29, 1.82) is 0 Å². The number of carbonyl (C=O) groups is 1. The second kappa shape index (κ2) is 6.93. The van der Waals surface area contributed by atoms with E-state index >= 15 is 0 Å². The maximum atomic E-state index is 12.4. The number of fused-ring (bicyclic) bond motifs is 1. The molecular formula is C20H18ClNO2. The topological polar surface area (TPSA) is 38.3 Å². The van der Waals surface area contributed by atoms with Crippen LogP contribution in [0, 0.1) is 6.92 Å². The van der Waals surface area contributed by atoms with Crippen molar-refractivity contribution in [3.8, 4) is 5.75 Å². The van der Waals surface area contributed by atoms with E-state index in [-0.39, 0.29) is 5.91 Å².